The van der Waals surface area contributed by atoms with Crippen LogP contribution in [0.15, 0.2) is 53.3 Å². The molecule has 0 aliphatic carbocycles. The fraction of sp³-hybridized carbons (Fsp3) is 0.125. The molecule has 0 atom stereocenters. The van der Waals surface area contributed by atoms with Crippen molar-refractivity contribution in [1.82, 2.24) is 9.38 Å². The van der Waals surface area contributed by atoms with Crippen molar-refractivity contribution in [2.75, 3.05) is 6.61 Å². The molecule has 2 heterocycles. The summed E-state index contributed by atoms with van der Waals surface area (Å²) in [5, 5.41) is 0.612. The maximum atomic E-state index is 11.7. The van der Waals surface area contributed by atoms with Crippen molar-refractivity contribution in [3.8, 4) is 5.75 Å². The molecule has 0 N–H and O–H groups in total. The Morgan fingerprint density at radius 2 is 2.13 bits per heavy atom. The van der Waals surface area contributed by atoms with Gasteiger partial charge in [0.1, 0.15) is 18.0 Å². The van der Waals surface area contributed by atoms with Crippen LogP contribution in [0.2, 0.25) is 5.02 Å². The average Bonchev–Trinajstić information content (AvgIpc) is 2.93. The number of hydrogen-bond acceptors (Lipinski definition) is 4. The van der Waals surface area contributed by atoms with E-state index in [1.165, 1.54) is 0 Å². The van der Waals surface area contributed by atoms with Gasteiger partial charge in [0.15, 0.2) is 6.61 Å². The number of halogens is 2. The quantitative estimate of drug-likeness (QED) is 0.615. The molecule has 118 valence electrons. The first-order valence-corrected chi connectivity index (χ1v) is 7.94. The Kier molecular flexibility index (Phi) is 4.83. The lowest BCUT2D eigenvalue weighted by molar-refractivity contribution is -0.147. The van der Waals surface area contributed by atoms with E-state index in [0.717, 1.165) is 10.1 Å². The van der Waals surface area contributed by atoms with Crippen LogP contribution >= 0.6 is 27.5 Å². The van der Waals surface area contributed by atoms with Gasteiger partial charge < -0.3 is 13.9 Å². The largest absolute Gasteiger partial charge is 0.482 e. The van der Waals surface area contributed by atoms with Crippen molar-refractivity contribution in [3.63, 3.8) is 0 Å². The zero-order valence-corrected chi connectivity index (χ0v) is 14.3. The zero-order valence-electron chi connectivity index (χ0n) is 11.9. The van der Waals surface area contributed by atoms with E-state index >= 15 is 0 Å². The number of hydrogen-bond donors (Lipinski definition) is 0. The Balaban J connectivity index is 1.53. The fourth-order valence-electron chi connectivity index (χ4n) is 1.98. The molecule has 0 bridgehead atoms. The van der Waals surface area contributed by atoms with E-state index in [-0.39, 0.29) is 13.2 Å². The minimum atomic E-state index is -0.458. The third-order valence-electron chi connectivity index (χ3n) is 3.00. The summed E-state index contributed by atoms with van der Waals surface area (Å²) in [7, 11) is 0. The molecule has 0 saturated carbocycles. The maximum absolute atomic E-state index is 11.7. The summed E-state index contributed by atoms with van der Waals surface area (Å²) in [4.78, 5) is 16.1. The molecule has 5 nitrogen and oxygen atoms in total. The predicted molar refractivity (Wildman–Crippen MR) is 89.6 cm³/mol. The lowest BCUT2D eigenvalue weighted by Crippen LogP contribution is -2.14. The number of benzene rings is 1. The highest BCUT2D eigenvalue weighted by Gasteiger charge is 2.08. The van der Waals surface area contributed by atoms with Crippen LogP contribution in [0.5, 0.6) is 5.75 Å². The Hall–Kier alpha value is -2.05. The molecule has 0 unspecified atom stereocenters. The molecule has 0 radical (unpaired) electrons. The molecule has 0 spiro atoms. The smallest absolute Gasteiger partial charge is 0.344 e. The van der Waals surface area contributed by atoms with Gasteiger partial charge in [-0.1, -0.05) is 33.6 Å². The van der Waals surface area contributed by atoms with Crippen molar-refractivity contribution in [1.29, 1.82) is 0 Å². The number of aromatic nitrogens is 2. The Morgan fingerprint density at radius 3 is 2.96 bits per heavy atom. The van der Waals surface area contributed by atoms with Crippen LogP contribution in [0.25, 0.3) is 5.65 Å². The standard InChI is InChI=1S/C16H12BrClN2O3/c17-11-2-1-3-14(6-11)22-10-16(21)23-9-13-8-20-7-12(18)4-5-15(20)19-13/h1-8H,9-10H2. The average molecular weight is 396 g/mol. The van der Waals surface area contributed by atoms with Crippen LogP contribution in [-0.4, -0.2) is 22.0 Å². The lowest BCUT2D eigenvalue weighted by Gasteiger charge is -2.06. The highest BCUT2D eigenvalue weighted by atomic mass is 79.9. The van der Waals surface area contributed by atoms with E-state index in [1.807, 2.05) is 12.1 Å². The molecule has 2 aromatic heterocycles. The zero-order chi connectivity index (χ0) is 16.2. The molecule has 23 heavy (non-hydrogen) atoms. The van der Waals surface area contributed by atoms with E-state index < -0.39 is 5.97 Å². The summed E-state index contributed by atoms with van der Waals surface area (Å²) >= 11 is 9.25. The first-order chi connectivity index (χ1) is 11.1. The molecular weight excluding hydrogens is 384 g/mol. The summed E-state index contributed by atoms with van der Waals surface area (Å²) in [6.45, 7) is -0.0738. The highest BCUT2D eigenvalue weighted by Crippen LogP contribution is 2.17. The summed E-state index contributed by atoms with van der Waals surface area (Å²) < 4.78 is 13.2. The van der Waals surface area contributed by atoms with E-state index in [9.17, 15) is 4.79 Å². The van der Waals surface area contributed by atoms with Gasteiger partial charge in [-0.15, -0.1) is 0 Å². The van der Waals surface area contributed by atoms with Gasteiger partial charge in [-0.3, -0.25) is 0 Å². The summed E-state index contributed by atoms with van der Waals surface area (Å²) in [5.41, 5.74) is 1.38. The third-order valence-corrected chi connectivity index (χ3v) is 3.72. The molecule has 0 fully saturated rings. The maximum Gasteiger partial charge on any atom is 0.344 e. The van der Waals surface area contributed by atoms with Gasteiger partial charge in [0.25, 0.3) is 0 Å². The van der Waals surface area contributed by atoms with Crippen LogP contribution in [0.4, 0.5) is 0 Å². The number of carbonyl (C=O) groups is 1. The molecule has 0 amide bonds. The molecule has 7 heteroatoms. The number of nitrogens with zero attached hydrogens (tertiary/aromatic N) is 2. The highest BCUT2D eigenvalue weighted by molar-refractivity contribution is 9.10. The molecule has 0 aliphatic heterocycles. The molecule has 0 aliphatic rings. The van der Waals surface area contributed by atoms with Gasteiger partial charge in [-0.05, 0) is 30.3 Å². The second kappa shape index (κ2) is 7.02. The predicted octanol–water partition coefficient (Wildman–Crippen LogP) is 3.87. The van der Waals surface area contributed by atoms with E-state index in [1.54, 1.807) is 41.1 Å². The van der Waals surface area contributed by atoms with E-state index in [0.29, 0.717) is 16.5 Å². The van der Waals surface area contributed by atoms with Gasteiger partial charge in [-0.25, -0.2) is 9.78 Å². The first kappa shape index (κ1) is 15.8. The van der Waals surface area contributed by atoms with Crippen LogP contribution in [0.1, 0.15) is 5.69 Å². The topological polar surface area (TPSA) is 52.8 Å². The number of carbonyl (C=O) groups excluding carboxylic acids is 1. The van der Waals surface area contributed by atoms with Crippen molar-refractivity contribution < 1.29 is 14.3 Å². The SMILES string of the molecule is O=C(COc1cccc(Br)c1)OCc1cn2cc(Cl)ccc2n1. The molecular formula is C16H12BrClN2O3. The summed E-state index contributed by atoms with van der Waals surface area (Å²) in [6.07, 6.45) is 3.51. The van der Waals surface area contributed by atoms with Crippen molar-refractivity contribution in [3.05, 3.63) is 64.0 Å². The van der Waals surface area contributed by atoms with Crippen molar-refractivity contribution in [2.24, 2.45) is 0 Å². The lowest BCUT2D eigenvalue weighted by atomic mass is 10.3. The van der Waals surface area contributed by atoms with Crippen molar-refractivity contribution >= 4 is 39.1 Å². The summed E-state index contributed by atoms with van der Waals surface area (Å²) in [6, 6.07) is 10.8. The number of fused-ring (bicyclic) bond motifs is 1. The monoisotopic (exact) mass is 394 g/mol. The van der Waals surface area contributed by atoms with Crippen LogP contribution in [0.3, 0.4) is 0 Å². The van der Waals surface area contributed by atoms with Crippen LogP contribution < -0.4 is 4.74 Å². The van der Waals surface area contributed by atoms with Crippen LogP contribution in [-0.2, 0) is 16.1 Å². The van der Waals surface area contributed by atoms with Gasteiger partial charge in [0.05, 0.1) is 10.7 Å². The van der Waals surface area contributed by atoms with Gasteiger partial charge >= 0.3 is 5.97 Å². The Labute approximate surface area is 145 Å². The molecule has 3 aromatic rings. The molecule has 3 rings (SSSR count). The van der Waals surface area contributed by atoms with Gasteiger partial charge in [0, 0.05) is 16.9 Å². The first-order valence-electron chi connectivity index (χ1n) is 6.77. The number of rotatable bonds is 5. The second-order valence-corrected chi connectivity index (χ2v) is 6.10. The Morgan fingerprint density at radius 1 is 1.26 bits per heavy atom. The normalized spacial score (nSPS) is 10.7. The third kappa shape index (κ3) is 4.24. The van der Waals surface area contributed by atoms with E-state index in [4.69, 9.17) is 21.1 Å². The minimum Gasteiger partial charge on any atom is -0.482 e. The summed E-state index contributed by atoms with van der Waals surface area (Å²) in [5.74, 6) is 0.138. The van der Waals surface area contributed by atoms with E-state index in [2.05, 4.69) is 20.9 Å². The number of esters is 1. The number of pyridine rings is 1. The molecule has 0 saturated heterocycles. The minimum absolute atomic E-state index is 0.0833. The van der Waals surface area contributed by atoms with Crippen molar-refractivity contribution in [2.45, 2.75) is 6.61 Å². The second-order valence-electron chi connectivity index (χ2n) is 4.75. The van der Waals surface area contributed by atoms with Gasteiger partial charge in [0.2, 0.25) is 0 Å². The number of ether oxygens (including phenoxy) is 2. The fourth-order valence-corrected chi connectivity index (χ4v) is 2.53. The van der Waals surface area contributed by atoms with Gasteiger partial charge in [-0.2, -0.15) is 0 Å². The number of imidazole rings is 1. The van der Waals surface area contributed by atoms with Crippen LogP contribution in [0, 0.1) is 0 Å². The Bertz CT molecular complexity index is 850. The molecule has 1 aromatic carbocycles.